The molecular weight excluding hydrogens is 316 g/mol. The average Bonchev–Trinajstić information content (AvgIpc) is 2.53. The number of hydrogen-bond donors (Lipinski definition) is 6. The highest BCUT2D eigenvalue weighted by molar-refractivity contribution is 5.97. The van der Waals surface area contributed by atoms with Gasteiger partial charge in [0.25, 0.3) is 11.8 Å². The molecule has 0 atom stereocenters. The Morgan fingerprint density at radius 2 is 1.38 bits per heavy atom. The molecule has 0 fully saturated rings. The third-order valence-electron chi connectivity index (χ3n) is 2.88. The van der Waals surface area contributed by atoms with Crippen molar-refractivity contribution in [3.8, 4) is 23.0 Å². The van der Waals surface area contributed by atoms with Crippen LogP contribution in [0.1, 0.15) is 27.6 Å². The SMILES string of the molecule is CCNC(=O)c1cccc(O)c1O.NC(=O)c1cccc(O)c1O. The highest BCUT2D eigenvalue weighted by Gasteiger charge is 2.12. The number of nitrogens with two attached hydrogens (primary N) is 1. The molecule has 0 unspecified atom stereocenters. The van der Waals surface area contributed by atoms with Crippen LogP contribution in [0.25, 0.3) is 0 Å². The van der Waals surface area contributed by atoms with E-state index in [0.717, 1.165) is 0 Å². The maximum absolute atomic E-state index is 11.2. The predicted molar refractivity (Wildman–Crippen MR) is 86.1 cm³/mol. The second-order valence-corrected chi connectivity index (χ2v) is 4.57. The van der Waals surface area contributed by atoms with E-state index in [1.807, 2.05) is 0 Å². The number of phenols is 4. The first-order valence-corrected chi connectivity index (χ1v) is 6.89. The Morgan fingerprint density at radius 1 is 0.917 bits per heavy atom. The van der Waals surface area contributed by atoms with E-state index in [4.69, 9.17) is 21.1 Å². The smallest absolute Gasteiger partial charge is 0.255 e. The summed E-state index contributed by atoms with van der Waals surface area (Å²) in [5, 5.41) is 38.8. The molecule has 128 valence electrons. The van der Waals surface area contributed by atoms with E-state index in [9.17, 15) is 14.7 Å². The summed E-state index contributed by atoms with van der Waals surface area (Å²) >= 11 is 0. The zero-order valence-electron chi connectivity index (χ0n) is 12.9. The lowest BCUT2D eigenvalue weighted by Gasteiger charge is -2.05. The minimum Gasteiger partial charge on any atom is -0.504 e. The van der Waals surface area contributed by atoms with E-state index < -0.39 is 17.6 Å². The number of para-hydroxylation sites is 2. The van der Waals surface area contributed by atoms with E-state index in [2.05, 4.69) is 5.32 Å². The fraction of sp³-hybridized carbons (Fsp3) is 0.125. The van der Waals surface area contributed by atoms with Gasteiger partial charge in [-0.3, -0.25) is 9.59 Å². The second kappa shape index (κ2) is 8.28. The number of benzene rings is 2. The van der Waals surface area contributed by atoms with Gasteiger partial charge in [-0.2, -0.15) is 0 Å². The third kappa shape index (κ3) is 4.54. The number of carbonyl (C=O) groups is 2. The lowest BCUT2D eigenvalue weighted by atomic mass is 10.2. The summed E-state index contributed by atoms with van der Waals surface area (Å²) in [4.78, 5) is 21.8. The van der Waals surface area contributed by atoms with Crippen LogP contribution in [-0.2, 0) is 0 Å². The maximum atomic E-state index is 11.2. The molecule has 0 bridgehead atoms. The molecule has 0 saturated heterocycles. The van der Waals surface area contributed by atoms with E-state index in [1.54, 1.807) is 6.92 Å². The molecule has 8 heteroatoms. The van der Waals surface area contributed by atoms with Gasteiger partial charge in [-0.1, -0.05) is 12.1 Å². The maximum Gasteiger partial charge on any atom is 0.255 e. The van der Waals surface area contributed by atoms with E-state index in [-0.39, 0.29) is 28.4 Å². The van der Waals surface area contributed by atoms with Crippen LogP contribution in [-0.4, -0.2) is 38.8 Å². The predicted octanol–water partition coefficient (Wildman–Crippen LogP) is 1.04. The topological polar surface area (TPSA) is 153 Å². The van der Waals surface area contributed by atoms with Crippen LogP contribution < -0.4 is 11.1 Å². The van der Waals surface area contributed by atoms with Crippen molar-refractivity contribution in [1.82, 2.24) is 5.32 Å². The largest absolute Gasteiger partial charge is 0.504 e. The van der Waals surface area contributed by atoms with Crippen molar-refractivity contribution in [3.05, 3.63) is 47.5 Å². The molecule has 0 spiro atoms. The lowest BCUT2D eigenvalue weighted by molar-refractivity contribution is 0.0951. The van der Waals surface area contributed by atoms with Crippen LogP contribution in [0.5, 0.6) is 23.0 Å². The Morgan fingerprint density at radius 3 is 1.79 bits per heavy atom. The van der Waals surface area contributed by atoms with Crippen molar-refractivity contribution in [1.29, 1.82) is 0 Å². The number of aromatic hydroxyl groups is 4. The first kappa shape index (κ1) is 18.6. The molecule has 0 radical (unpaired) electrons. The molecule has 0 heterocycles. The summed E-state index contributed by atoms with van der Waals surface area (Å²) in [6, 6.07) is 8.28. The fourth-order valence-electron chi connectivity index (χ4n) is 1.70. The van der Waals surface area contributed by atoms with Crippen molar-refractivity contribution in [2.45, 2.75) is 6.92 Å². The van der Waals surface area contributed by atoms with E-state index in [0.29, 0.717) is 6.54 Å². The quantitative estimate of drug-likeness (QED) is 0.461. The van der Waals surface area contributed by atoms with Crippen LogP contribution in [0.2, 0.25) is 0 Å². The molecule has 0 aliphatic heterocycles. The zero-order valence-corrected chi connectivity index (χ0v) is 12.9. The van der Waals surface area contributed by atoms with Crippen molar-refractivity contribution in [3.63, 3.8) is 0 Å². The lowest BCUT2D eigenvalue weighted by Crippen LogP contribution is -2.22. The molecule has 0 aromatic heterocycles. The molecule has 0 aliphatic carbocycles. The van der Waals surface area contributed by atoms with Crippen molar-refractivity contribution < 1.29 is 30.0 Å². The first-order valence-electron chi connectivity index (χ1n) is 6.89. The summed E-state index contributed by atoms with van der Waals surface area (Å²) in [5.74, 6) is -2.65. The molecular formula is C16H18N2O6. The van der Waals surface area contributed by atoms with Gasteiger partial charge >= 0.3 is 0 Å². The summed E-state index contributed by atoms with van der Waals surface area (Å²) < 4.78 is 0. The van der Waals surface area contributed by atoms with Crippen molar-refractivity contribution in [2.24, 2.45) is 5.73 Å². The Kier molecular flexibility index (Phi) is 6.42. The van der Waals surface area contributed by atoms with Crippen LogP contribution in [0, 0.1) is 0 Å². The molecule has 2 amide bonds. The highest BCUT2D eigenvalue weighted by Crippen LogP contribution is 2.28. The zero-order chi connectivity index (χ0) is 18.3. The van der Waals surface area contributed by atoms with Gasteiger partial charge in [0, 0.05) is 6.54 Å². The van der Waals surface area contributed by atoms with E-state index >= 15 is 0 Å². The first-order chi connectivity index (χ1) is 11.3. The molecule has 0 aliphatic rings. The van der Waals surface area contributed by atoms with Gasteiger partial charge < -0.3 is 31.5 Å². The summed E-state index contributed by atoms with van der Waals surface area (Å²) in [7, 11) is 0. The molecule has 7 N–H and O–H groups in total. The Labute approximate surface area is 137 Å². The van der Waals surface area contributed by atoms with Crippen molar-refractivity contribution >= 4 is 11.8 Å². The van der Waals surface area contributed by atoms with Gasteiger partial charge in [-0.15, -0.1) is 0 Å². The number of phenolic OH excluding ortho intramolecular Hbond substituents is 3. The van der Waals surface area contributed by atoms with Gasteiger partial charge in [-0.25, -0.2) is 0 Å². The molecule has 2 rings (SSSR count). The standard InChI is InChI=1S/C9H11NO3.C7H7NO3/c1-2-10-9(13)6-4-3-5-7(11)8(6)12;8-7(11)4-2-1-3-5(9)6(4)10/h3-5,11-12H,2H2,1H3,(H,10,13);1-3,9-10H,(H2,8,11). The van der Waals surface area contributed by atoms with Crippen LogP contribution in [0.15, 0.2) is 36.4 Å². The van der Waals surface area contributed by atoms with Crippen LogP contribution >= 0.6 is 0 Å². The summed E-state index contributed by atoms with van der Waals surface area (Å²) in [6.07, 6.45) is 0. The Balaban J connectivity index is 0.000000243. The molecule has 0 saturated carbocycles. The average molecular weight is 334 g/mol. The number of carbonyl (C=O) groups excluding carboxylic acids is 2. The number of hydrogen-bond acceptors (Lipinski definition) is 6. The van der Waals surface area contributed by atoms with Crippen molar-refractivity contribution in [2.75, 3.05) is 6.54 Å². The molecule has 2 aromatic carbocycles. The minimum atomic E-state index is -0.765. The van der Waals surface area contributed by atoms with Gasteiger partial charge in [0.2, 0.25) is 0 Å². The second-order valence-electron chi connectivity index (χ2n) is 4.57. The van der Waals surface area contributed by atoms with E-state index in [1.165, 1.54) is 36.4 Å². The summed E-state index contributed by atoms with van der Waals surface area (Å²) in [5.41, 5.74) is 4.88. The fourth-order valence-corrected chi connectivity index (χ4v) is 1.70. The monoisotopic (exact) mass is 334 g/mol. The van der Waals surface area contributed by atoms with Gasteiger partial charge in [0.05, 0.1) is 11.1 Å². The number of amides is 2. The Hall–Kier alpha value is -3.42. The van der Waals surface area contributed by atoms with Crippen LogP contribution in [0.4, 0.5) is 0 Å². The van der Waals surface area contributed by atoms with Gasteiger partial charge in [-0.05, 0) is 31.2 Å². The minimum absolute atomic E-state index is 0.0787. The molecule has 24 heavy (non-hydrogen) atoms. The highest BCUT2D eigenvalue weighted by atomic mass is 16.3. The normalized spacial score (nSPS) is 9.54. The van der Waals surface area contributed by atoms with Gasteiger partial charge in [0.15, 0.2) is 23.0 Å². The van der Waals surface area contributed by atoms with Crippen LogP contribution in [0.3, 0.4) is 0 Å². The summed E-state index contributed by atoms with van der Waals surface area (Å²) in [6.45, 7) is 2.26. The third-order valence-corrected chi connectivity index (χ3v) is 2.88. The molecule has 2 aromatic rings. The number of nitrogens with one attached hydrogen (secondary N) is 1. The number of rotatable bonds is 3. The number of primary amides is 1. The van der Waals surface area contributed by atoms with Gasteiger partial charge in [0.1, 0.15) is 0 Å². The molecule has 8 nitrogen and oxygen atoms in total. The Bertz CT molecular complexity index is 745.